The molecule has 106 valence electrons. The van der Waals surface area contributed by atoms with Gasteiger partial charge in [0, 0.05) is 18.7 Å². The fourth-order valence-corrected chi connectivity index (χ4v) is 2.32. The van der Waals surface area contributed by atoms with Crippen LogP contribution in [0.3, 0.4) is 0 Å². The largest absolute Gasteiger partial charge is 0.324 e. The molecule has 0 saturated heterocycles. The molecule has 1 unspecified atom stereocenters. The molecule has 1 aromatic carbocycles. The third-order valence-electron chi connectivity index (χ3n) is 3.73. The summed E-state index contributed by atoms with van der Waals surface area (Å²) in [7, 11) is 0. The number of benzene rings is 1. The van der Waals surface area contributed by atoms with E-state index < -0.39 is 11.6 Å². The molecule has 1 aliphatic carbocycles. The first kappa shape index (κ1) is 14.4. The van der Waals surface area contributed by atoms with Gasteiger partial charge >= 0.3 is 0 Å². The molecule has 1 fully saturated rings. The standard InChI is InChI=1S/C15H22F2N2/c1-2-19(10-11-3-4-11)6-5-15(18)12-7-13(16)9-14(17)8-12/h7-9,11,15H,2-6,10,18H2,1H3. The minimum Gasteiger partial charge on any atom is -0.324 e. The lowest BCUT2D eigenvalue weighted by molar-refractivity contribution is 0.265. The van der Waals surface area contributed by atoms with E-state index in [0.717, 1.165) is 38.0 Å². The zero-order valence-corrected chi connectivity index (χ0v) is 11.4. The third kappa shape index (κ3) is 4.55. The van der Waals surface area contributed by atoms with Crippen LogP contribution in [0, 0.1) is 17.6 Å². The van der Waals surface area contributed by atoms with Gasteiger partial charge in [-0.25, -0.2) is 8.78 Å². The quantitative estimate of drug-likeness (QED) is 0.823. The van der Waals surface area contributed by atoms with Gasteiger partial charge in [0.15, 0.2) is 0 Å². The summed E-state index contributed by atoms with van der Waals surface area (Å²) in [4.78, 5) is 2.37. The van der Waals surface area contributed by atoms with Crippen LogP contribution in [0.4, 0.5) is 8.78 Å². The molecule has 0 aromatic heterocycles. The summed E-state index contributed by atoms with van der Waals surface area (Å²) in [5.74, 6) is -0.269. The fourth-order valence-electron chi connectivity index (χ4n) is 2.32. The minimum absolute atomic E-state index is 0.307. The summed E-state index contributed by atoms with van der Waals surface area (Å²) in [5.41, 5.74) is 6.56. The van der Waals surface area contributed by atoms with E-state index in [9.17, 15) is 8.78 Å². The van der Waals surface area contributed by atoms with Crippen molar-refractivity contribution in [3.63, 3.8) is 0 Å². The van der Waals surface area contributed by atoms with Crippen LogP contribution in [0.15, 0.2) is 18.2 Å². The molecule has 0 aliphatic heterocycles. The lowest BCUT2D eigenvalue weighted by Crippen LogP contribution is -2.29. The van der Waals surface area contributed by atoms with Crippen molar-refractivity contribution >= 4 is 0 Å². The second kappa shape index (κ2) is 6.44. The van der Waals surface area contributed by atoms with E-state index in [0.29, 0.717) is 5.56 Å². The first-order valence-corrected chi connectivity index (χ1v) is 7.02. The van der Waals surface area contributed by atoms with E-state index in [-0.39, 0.29) is 6.04 Å². The van der Waals surface area contributed by atoms with E-state index in [1.165, 1.54) is 25.0 Å². The SMILES string of the molecule is CCN(CCC(N)c1cc(F)cc(F)c1)CC1CC1. The van der Waals surface area contributed by atoms with Crippen molar-refractivity contribution < 1.29 is 8.78 Å². The van der Waals surface area contributed by atoms with Gasteiger partial charge in [0.2, 0.25) is 0 Å². The number of nitrogens with zero attached hydrogens (tertiary/aromatic N) is 1. The highest BCUT2D eigenvalue weighted by Crippen LogP contribution is 2.30. The van der Waals surface area contributed by atoms with Crippen LogP contribution in [0.5, 0.6) is 0 Å². The first-order valence-electron chi connectivity index (χ1n) is 7.02. The van der Waals surface area contributed by atoms with Crippen LogP contribution in [-0.4, -0.2) is 24.5 Å². The molecule has 0 radical (unpaired) electrons. The minimum atomic E-state index is -0.559. The second-order valence-electron chi connectivity index (χ2n) is 5.43. The zero-order valence-electron chi connectivity index (χ0n) is 11.4. The maximum absolute atomic E-state index is 13.1. The zero-order chi connectivity index (χ0) is 13.8. The lowest BCUT2D eigenvalue weighted by Gasteiger charge is -2.22. The van der Waals surface area contributed by atoms with Crippen molar-refractivity contribution in [3.8, 4) is 0 Å². The number of nitrogens with two attached hydrogens (primary N) is 1. The van der Waals surface area contributed by atoms with Crippen LogP contribution in [0.25, 0.3) is 0 Å². The lowest BCUT2D eigenvalue weighted by atomic mass is 10.0. The smallest absolute Gasteiger partial charge is 0.126 e. The molecule has 2 rings (SSSR count). The van der Waals surface area contributed by atoms with Gasteiger partial charge in [0.05, 0.1) is 0 Å². The summed E-state index contributed by atoms with van der Waals surface area (Å²) in [5, 5.41) is 0. The summed E-state index contributed by atoms with van der Waals surface area (Å²) < 4.78 is 26.3. The molecular formula is C15H22F2N2. The van der Waals surface area contributed by atoms with E-state index in [1.807, 2.05) is 0 Å². The molecule has 0 heterocycles. The van der Waals surface area contributed by atoms with Crippen LogP contribution >= 0.6 is 0 Å². The average molecular weight is 268 g/mol. The Morgan fingerprint density at radius 3 is 2.42 bits per heavy atom. The fraction of sp³-hybridized carbons (Fsp3) is 0.600. The topological polar surface area (TPSA) is 29.3 Å². The number of rotatable bonds is 7. The number of hydrogen-bond acceptors (Lipinski definition) is 2. The normalized spacial score (nSPS) is 16.9. The van der Waals surface area contributed by atoms with Crippen LogP contribution < -0.4 is 5.73 Å². The molecule has 1 aliphatic rings. The monoisotopic (exact) mass is 268 g/mol. The van der Waals surface area contributed by atoms with Crippen LogP contribution in [-0.2, 0) is 0 Å². The molecule has 4 heteroatoms. The van der Waals surface area contributed by atoms with Crippen molar-refractivity contribution in [2.45, 2.75) is 32.2 Å². The van der Waals surface area contributed by atoms with Gasteiger partial charge in [0.1, 0.15) is 11.6 Å². The molecule has 1 atom stereocenters. The van der Waals surface area contributed by atoms with Gasteiger partial charge in [-0.15, -0.1) is 0 Å². The molecule has 2 N–H and O–H groups in total. The van der Waals surface area contributed by atoms with Crippen LogP contribution in [0.2, 0.25) is 0 Å². The molecule has 19 heavy (non-hydrogen) atoms. The Kier molecular flexibility index (Phi) is 4.88. The average Bonchev–Trinajstić information content (AvgIpc) is 3.16. The highest BCUT2D eigenvalue weighted by molar-refractivity contribution is 5.21. The van der Waals surface area contributed by atoms with Gasteiger partial charge in [0.25, 0.3) is 0 Å². The van der Waals surface area contributed by atoms with Crippen molar-refractivity contribution in [1.29, 1.82) is 0 Å². The highest BCUT2D eigenvalue weighted by atomic mass is 19.1. The molecule has 1 saturated carbocycles. The van der Waals surface area contributed by atoms with E-state index in [4.69, 9.17) is 5.73 Å². The molecule has 0 bridgehead atoms. The van der Waals surface area contributed by atoms with Crippen molar-refractivity contribution in [2.75, 3.05) is 19.6 Å². The molecule has 0 amide bonds. The predicted octanol–water partition coefficient (Wildman–Crippen LogP) is 3.09. The Hall–Kier alpha value is -1.00. The van der Waals surface area contributed by atoms with Gasteiger partial charge in [-0.1, -0.05) is 6.92 Å². The van der Waals surface area contributed by atoms with Crippen molar-refractivity contribution in [3.05, 3.63) is 35.4 Å². The summed E-state index contributed by atoms with van der Waals surface area (Å²) in [6, 6.07) is 3.22. The van der Waals surface area contributed by atoms with Crippen LogP contribution in [0.1, 0.15) is 37.8 Å². The molecule has 0 spiro atoms. The Labute approximate surface area is 113 Å². The van der Waals surface area contributed by atoms with E-state index in [1.54, 1.807) is 0 Å². The predicted molar refractivity (Wildman–Crippen MR) is 72.7 cm³/mol. The molecule has 1 aromatic rings. The van der Waals surface area contributed by atoms with Gasteiger partial charge in [-0.05, 0) is 56.0 Å². The molecule has 2 nitrogen and oxygen atoms in total. The molecular weight excluding hydrogens is 246 g/mol. The number of hydrogen-bond donors (Lipinski definition) is 1. The summed E-state index contributed by atoms with van der Waals surface area (Å²) in [6.07, 6.45) is 3.39. The van der Waals surface area contributed by atoms with E-state index >= 15 is 0 Å². The van der Waals surface area contributed by atoms with Crippen molar-refractivity contribution in [2.24, 2.45) is 11.7 Å². The highest BCUT2D eigenvalue weighted by Gasteiger charge is 2.23. The number of halogens is 2. The second-order valence-corrected chi connectivity index (χ2v) is 5.43. The maximum atomic E-state index is 13.1. The Balaban J connectivity index is 1.86. The third-order valence-corrected chi connectivity index (χ3v) is 3.73. The summed E-state index contributed by atoms with van der Waals surface area (Å²) in [6.45, 7) is 5.14. The Morgan fingerprint density at radius 2 is 1.89 bits per heavy atom. The summed E-state index contributed by atoms with van der Waals surface area (Å²) >= 11 is 0. The van der Waals surface area contributed by atoms with E-state index in [2.05, 4.69) is 11.8 Å². The first-order chi connectivity index (χ1) is 9.08. The van der Waals surface area contributed by atoms with Gasteiger partial charge in [-0.3, -0.25) is 0 Å². The Bertz CT molecular complexity index is 398. The maximum Gasteiger partial charge on any atom is 0.126 e. The van der Waals surface area contributed by atoms with Gasteiger partial charge in [-0.2, -0.15) is 0 Å². The van der Waals surface area contributed by atoms with Crippen molar-refractivity contribution in [1.82, 2.24) is 4.90 Å². The van der Waals surface area contributed by atoms with Gasteiger partial charge < -0.3 is 10.6 Å². The Morgan fingerprint density at radius 1 is 1.26 bits per heavy atom.